The maximum absolute atomic E-state index is 12.9. The molecule has 0 radical (unpaired) electrons. The molecule has 0 atom stereocenters. The SMILES string of the molecule is CN(Cc1ccc(F)cc1)C(=O)c1ccc2c(c1)NCC2. The van der Waals surface area contributed by atoms with Crippen LogP contribution in [0.1, 0.15) is 21.5 Å². The van der Waals surface area contributed by atoms with Gasteiger partial charge in [-0.2, -0.15) is 0 Å². The van der Waals surface area contributed by atoms with Crippen LogP contribution in [0.25, 0.3) is 0 Å². The predicted molar refractivity (Wildman–Crippen MR) is 80.8 cm³/mol. The molecule has 21 heavy (non-hydrogen) atoms. The normalized spacial score (nSPS) is 12.7. The third-order valence-electron chi connectivity index (χ3n) is 3.75. The molecule has 3 rings (SSSR count). The molecule has 1 N–H and O–H groups in total. The van der Waals surface area contributed by atoms with Crippen LogP contribution in [-0.4, -0.2) is 24.4 Å². The summed E-state index contributed by atoms with van der Waals surface area (Å²) < 4.78 is 12.9. The topological polar surface area (TPSA) is 32.3 Å². The minimum atomic E-state index is -0.266. The van der Waals surface area contributed by atoms with Gasteiger partial charge in [-0.3, -0.25) is 4.79 Å². The molecule has 0 saturated heterocycles. The molecule has 2 aromatic rings. The Bertz CT molecular complexity index is 667. The fourth-order valence-corrected chi connectivity index (χ4v) is 2.58. The van der Waals surface area contributed by atoms with E-state index in [4.69, 9.17) is 0 Å². The summed E-state index contributed by atoms with van der Waals surface area (Å²) in [6.45, 7) is 1.39. The first-order valence-electron chi connectivity index (χ1n) is 7.00. The van der Waals surface area contributed by atoms with Gasteiger partial charge >= 0.3 is 0 Å². The van der Waals surface area contributed by atoms with Gasteiger partial charge in [0.05, 0.1) is 0 Å². The van der Waals surface area contributed by atoms with E-state index >= 15 is 0 Å². The standard InChI is InChI=1S/C17H17FN2O/c1-20(11-12-2-6-15(18)7-3-12)17(21)14-5-4-13-8-9-19-16(13)10-14/h2-7,10,19H,8-9,11H2,1H3. The zero-order valence-corrected chi connectivity index (χ0v) is 11.9. The highest BCUT2D eigenvalue weighted by molar-refractivity contribution is 5.95. The maximum Gasteiger partial charge on any atom is 0.253 e. The molecule has 0 spiro atoms. The summed E-state index contributed by atoms with van der Waals surface area (Å²) in [5, 5.41) is 3.28. The highest BCUT2D eigenvalue weighted by Crippen LogP contribution is 2.24. The first-order chi connectivity index (χ1) is 10.1. The number of benzene rings is 2. The number of carbonyl (C=O) groups excluding carboxylic acids is 1. The van der Waals surface area contributed by atoms with Crippen LogP contribution in [0.2, 0.25) is 0 Å². The van der Waals surface area contributed by atoms with Crippen molar-refractivity contribution in [3.05, 3.63) is 65.0 Å². The summed E-state index contributed by atoms with van der Waals surface area (Å²) >= 11 is 0. The maximum atomic E-state index is 12.9. The Balaban J connectivity index is 1.73. The average Bonchev–Trinajstić information content (AvgIpc) is 2.96. The number of halogens is 1. The molecule has 3 nitrogen and oxygen atoms in total. The van der Waals surface area contributed by atoms with Crippen molar-refractivity contribution in [3.63, 3.8) is 0 Å². The second-order valence-electron chi connectivity index (χ2n) is 5.34. The van der Waals surface area contributed by atoms with E-state index in [0.29, 0.717) is 12.1 Å². The van der Waals surface area contributed by atoms with E-state index in [9.17, 15) is 9.18 Å². The number of nitrogens with one attached hydrogen (secondary N) is 1. The number of nitrogens with zero attached hydrogens (tertiary/aromatic N) is 1. The fourth-order valence-electron chi connectivity index (χ4n) is 2.58. The van der Waals surface area contributed by atoms with Crippen molar-refractivity contribution in [2.24, 2.45) is 0 Å². The van der Waals surface area contributed by atoms with Gasteiger partial charge in [-0.15, -0.1) is 0 Å². The van der Waals surface area contributed by atoms with E-state index in [1.807, 2.05) is 18.2 Å². The van der Waals surface area contributed by atoms with Crippen LogP contribution in [-0.2, 0) is 13.0 Å². The van der Waals surface area contributed by atoms with Gasteiger partial charge in [-0.05, 0) is 41.8 Å². The lowest BCUT2D eigenvalue weighted by molar-refractivity contribution is 0.0785. The van der Waals surface area contributed by atoms with Gasteiger partial charge in [0.1, 0.15) is 5.82 Å². The van der Waals surface area contributed by atoms with Crippen molar-refractivity contribution in [1.82, 2.24) is 4.90 Å². The summed E-state index contributed by atoms with van der Waals surface area (Å²) in [7, 11) is 1.76. The van der Waals surface area contributed by atoms with Gasteiger partial charge < -0.3 is 10.2 Å². The van der Waals surface area contributed by atoms with Crippen LogP contribution in [0.4, 0.5) is 10.1 Å². The molecule has 0 aliphatic carbocycles. The summed E-state index contributed by atoms with van der Waals surface area (Å²) in [5.41, 5.74) is 3.89. The van der Waals surface area contributed by atoms with E-state index < -0.39 is 0 Å². The van der Waals surface area contributed by atoms with E-state index in [0.717, 1.165) is 24.2 Å². The first-order valence-corrected chi connectivity index (χ1v) is 7.00. The van der Waals surface area contributed by atoms with Crippen molar-refractivity contribution in [2.45, 2.75) is 13.0 Å². The summed E-state index contributed by atoms with van der Waals surface area (Å²) in [6.07, 6.45) is 1.01. The minimum Gasteiger partial charge on any atom is -0.384 e. The van der Waals surface area contributed by atoms with Crippen molar-refractivity contribution < 1.29 is 9.18 Å². The number of hydrogen-bond acceptors (Lipinski definition) is 2. The highest BCUT2D eigenvalue weighted by atomic mass is 19.1. The minimum absolute atomic E-state index is 0.0316. The lowest BCUT2D eigenvalue weighted by Crippen LogP contribution is -2.26. The Kier molecular flexibility index (Phi) is 3.60. The third kappa shape index (κ3) is 2.89. The van der Waals surface area contributed by atoms with Crippen LogP contribution in [0, 0.1) is 5.82 Å². The van der Waals surface area contributed by atoms with Gasteiger partial charge in [-0.25, -0.2) is 4.39 Å². The molecule has 1 aliphatic rings. The van der Waals surface area contributed by atoms with Crippen LogP contribution in [0.15, 0.2) is 42.5 Å². The molecule has 4 heteroatoms. The van der Waals surface area contributed by atoms with Gasteiger partial charge in [0, 0.05) is 31.4 Å². The second-order valence-corrected chi connectivity index (χ2v) is 5.34. The smallest absolute Gasteiger partial charge is 0.253 e. The Hall–Kier alpha value is -2.36. The van der Waals surface area contributed by atoms with Gasteiger partial charge in [-0.1, -0.05) is 18.2 Å². The van der Waals surface area contributed by atoms with Gasteiger partial charge in [0.15, 0.2) is 0 Å². The molecule has 0 saturated carbocycles. The van der Waals surface area contributed by atoms with Gasteiger partial charge in [0.2, 0.25) is 0 Å². The quantitative estimate of drug-likeness (QED) is 0.939. The molecule has 1 heterocycles. The Morgan fingerprint density at radius 2 is 2.00 bits per heavy atom. The Labute approximate surface area is 123 Å². The molecule has 108 valence electrons. The van der Waals surface area contributed by atoms with Gasteiger partial charge in [0.25, 0.3) is 5.91 Å². The largest absolute Gasteiger partial charge is 0.384 e. The van der Waals surface area contributed by atoms with Crippen LogP contribution in [0.3, 0.4) is 0 Å². The average molecular weight is 284 g/mol. The lowest BCUT2D eigenvalue weighted by Gasteiger charge is -2.18. The van der Waals surface area contributed by atoms with E-state index in [1.165, 1.54) is 17.7 Å². The van der Waals surface area contributed by atoms with E-state index in [2.05, 4.69) is 5.32 Å². The first kappa shape index (κ1) is 13.6. The molecule has 1 aliphatic heterocycles. The summed E-state index contributed by atoms with van der Waals surface area (Å²) in [6, 6.07) is 12.0. The lowest BCUT2D eigenvalue weighted by atomic mass is 10.1. The molecule has 0 fully saturated rings. The molecular formula is C17H17FN2O. The fraction of sp³-hybridized carbons (Fsp3) is 0.235. The predicted octanol–water partition coefficient (Wildman–Crippen LogP) is 3.07. The van der Waals surface area contributed by atoms with Crippen molar-refractivity contribution in [3.8, 4) is 0 Å². The van der Waals surface area contributed by atoms with E-state index in [-0.39, 0.29) is 11.7 Å². The number of amides is 1. The summed E-state index contributed by atoms with van der Waals surface area (Å²) in [5.74, 6) is -0.298. The molecule has 1 amide bonds. The van der Waals surface area contributed by atoms with E-state index in [1.54, 1.807) is 24.1 Å². The van der Waals surface area contributed by atoms with Crippen molar-refractivity contribution in [1.29, 1.82) is 0 Å². The van der Waals surface area contributed by atoms with Crippen LogP contribution in [0.5, 0.6) is 0 Å². The summed E-state index contributed by atoms with van der Waals surface area (Å²) in [4.78, 5) is 14.1. The van der Waals surface area contributed by atoms with Crippen LogP contribution < -0.4 is 5.32 Å². The van der Waals surface area contributed by atoms with Crippen molar-refractivity contribution >= 4 is 11.6 Å². The highest BCUT2D eigenvalue weighted by Gasteiger charge is 2.16. The molecule has 0 aromatic heterocycles. The number of carbonyl (C=O) groups is 1. The number of anilines is 1. The second kappa shape index (κ2) is 5.56. The number of fused-ring (bicyclic) bond motifs is 1. The third-order valence-corrected chi connectivity index (χ3v) is 3.75. The van der Waals surface area contributed by atoms with Crippen molar-refractivity contribution in [2.75, 3.05) is 18.9 Å². The molecule has 0 unspecified atom stereocenters. The van der Waals surface area contributed by atoms with Crippen LogP contribution >= 0.6 is 0 Å². The molecule has 0 bridgehead atoms. The Morgan fingerprint density at radius 1 is 1.24 bits per heavy atom. The molecule has 2 aromatic carbocycles. The Morgan fingerprint density at radius 3 is 2.76 bits per heavy atom. The zero-order chi connectivity index (χ0) is 14.8. The zero-order valence-electron chi connectivity index (χ0n) is 11.9. The molecular weight excluding hydrogens is 267 g/mol. The number of rotatable bonds is 3. The number of hydrogen-bond donors (Lipinski definition) is 1. The monoisotopic (exact) mass is 284 g/mol.